The van der Waals surface area contributed by atoms with Gasteiger partial charge in [0.1, 0.15) is 17.6 Å². The van der Waals surface area contributed by atoms with Crippen molar-refractivity contribution in [3.05, 3.63) is 59.9 Å². The Bertz CT molecular complexity index is 1100. The molecule has 3 aromatic rings. The number of rotatable bonds is 5. The van der Waals surface area contributed by atoms with E-state index in [4.69, 9.17) is 9.94 Å². The van der Waals surface area contributed by atoms with E-state index in [1.54, 1.807) is 11.5 Å². The average Bonchev–Trinajstić information content (AvgIpc) is 2.75. The van der Waals surface area contributed by atoms with E-state index in [-0.39, 0.29) is 5.82 Å². The molecule has 2 N–H and O–H groups in total. The Kier molecular flexibility index (Phi) is 5.48. The zero-order chi connectivity index (χ0) is 20.1. The summed E-state index contributed by atoms with van der Waals surface area (Å²) >= 11 is 0. The first-order valence-electron chi connectivity index (χ1n) is 8.28. The summed E-state index contributed by atoms with van der Waals surface area (Å²) in [6.07, 6.45) is 2.72. The van der Waals surface area contributed by atoms with Crippen LogP contribution in [-0.4, -0.2) is 35.2 Å². The summed E-state index contributed by atoms with van der Waals surface area (Å²) in [6.45, 7) is 0. The van der Waals surface area contributed by atoms with E-state index in [0.717, 1.165) is 11.1 Å². The lowest BCUT2D eigenvalue weighted by Gasteiger charge is -2.21. The summed E-state index contributed by atoms with van der Waals surface area (Å²) in [7, 11) is 3.35. The number of benzene rings is 2. The van der Waals surface area contributed by atoms with Gasteiger partial charge in [0.25, 0.3) is 5.91 Å². The number of nitrogens with one attached hydrogen (secondary N) is 1. The van der Waals surface area contributed by atoms with Crippen molar-refractivity contribution in [1.82, 2.24) is 15.4 Å². The molecule has 0 fully saturated rings. The summed E-state index contributed by atoms with van der Waals surface area (Å²) in [4.78, 5) is 21.7. The molecule has 2 aromatic carbocycles. The summed E-state index contributed by atoms with van der Waals surface area (Å²) in [5.41, 5.74) is 3.61. The number of carbonyl (C=O) groups excluding carboxylic acids is 1. The molecule has 1 aromatic heterocycles. The van der Waals surface area contributed by atoms with Gasteiger partial charge in [-0.15, -0.1) is 0 Å². The largest absolute Gasteiger partial charge is 0.496 e. The Hall–Kier alpha value is -3.96. The SMILES string of the molecule is COc1ccc(N(C)c2nc(C#N)nc3ccccc23)cc1/C=C/C(=O)NO. The molecule has 0 aliphatic heterocycles. The van der Waals surface area contributed by atoms with Crippen molar-refractivity contribution < 1.29 is 14.7 Å². The molecule has 0 aliphatic carbocycles. The molecule has 140 valence electrons. The molecule has 0 radical (unpaired) electrons. The average molecular weight is 375 g/mol. The molecule has 0 unspecified atom stereocenters. The van der Waals surface area contributed by atoms with Gasteiger partial charge in [0.05, 0.1) is 12.6 Å². The number of aromatic nitrogens is 2. The van der Waals surface area contributed by atoms with Gasteiger partial charge in [0.15, 0.2) is 0 Å². The second-order valence-electron chi connectivity index (χ2n) is 5.79. The minimum absolute atomic E-state index is 0.0776. The van der Waals surface area contributed by atoms with E-state index in [9.17, 15) is 10.1 Å². The van der Waals surface area contributed by atoms with Crippen molar-refractivity contribution >= 4 is 34.4 Å². The van der Waals surface area contributed by atoms with Crippen LogP contribution in [0.3, 0.4) is 0 Å². The Morgan fingerprint density at radius 3 is 2.79 bits per heavy atom. The van der Waals surface area contributed by atoms with Crippen LogP contribution in [0, 0.1) is 11.3 Å². The van der Waals surface area contributed by atoms with Crippen molar-refractivity contribution in [2.24, 2.45) is 0 Å². The summed E-state index contributed by atoms with van der Waals surface area (Å²) in [5, 5.41) is 18.7. The summed E-state index contributed by atoms with van der Waals surface area (Å²) < 4.78 is 5.33. The molecule has 0 saturated heterocycles. The molecule has 28 heavy (non-hydrogen) atoms. The van der Waals surface area contributed by atoms with E-state index in [1.165, 1.54) is 19.3 Å². The number of hydroxylamine groups is 1. The van der Waals surface area contributed by atoms with E-state index in [1.807, 2.05) is 54.4 Å². The van der Waals surface area contributed by atoms with Gasteiger partial charge in [-0.3, -0.25) is 10.0 Å². The third-order valence-electron chi connectivity index (χ3n) is 4.13. The lowest BCUT2D eigenvalue weighted by atomic mass is 10.1. The monoisotopic (exact) mass is 375 g/mol. The number of hydrogen-bond donors (Lipinski definition) is 2. The second kappa shape index (κ2) is 8.16. The van der Waals surface area contributed by atoms with Gasteiger partial charge < -0.3 is 9.64 Å². The molecule has 0 aliphatic rings. The first-order valence-corrected chi connectivity index (χ1v) is 8.28. The van der Waals surface area contributed by atoms with E-state index in [0.29, 0.717) is 22.6 Å². The van der Waals surface area contributed by atoms with Crippen molar-refractivity contribution in [3.63, 3.8) is 0 Å². The quantitative estimate of drug-likeness (QED) is 0.401. The smallest absolute Gasteiger partial charge is 0.267 e. The maximum absolute atomic E-state index is 11.3. The standard InChI is InChI=1S/C20H17N5O3/c1-25(20-15-5-3-4-6-16(15)22-18(12-21)23-20)14-8-9-17(28-2)13(11-14)7-10-19(26)24-27/h3-11,27H,1-2H3,(H,24,26)/b10-7+. The fourth-order valence-electron chi connectivity index (χ4n) is 2.75. The van der Waals surface area contributed by atoms with Crippen molar-refractivity contribution in [2.45, 2.75) is 0 Å². The Morgan fingerprint density at radius 2 is 2.07 bits per heavy atom. The molecular weight excluding hydrogens is 358 g/mol. The van der Waals surface area contributed by atoms with Crippen molar-refractivity contribution in [2.75, 3.05) is 19.1 Å². The number of anilines is 2. The lowest BCUT2D eigenvalue weighted by Crippen LogP contribution is -2.15. The van der Waals surface area contributed by atoms with Crippen LogP contribution < -0.4 is 15.1 Å². The number of nitrogens with zero attached hydrogens (tertiary/aromatic N) is 4. The highest BCUT2D eigenvalue weighted by Crippen LogP contribution is 2.32. The highest BCUT2D eigenvalue weighted by Gasteiger charge is 2.14. The van der Waals surface area contributed by atoms with Gasteiger partial charge in [-0.1, -0.05) is 12.1 Å². The molecule has 0 spiro atoms. The minimum atomic E-state index is -0.652. The van der Waals surface area contributed by atoms with E-state index >= 15 is 0 Å². The third kappa shape index (κ3) is 3.75. The number of hydrogen-bond acceptors (Lipinski definition) is 7. The summed E-state index contributed by atoms with van der Waals surface area (Å²) in [6, 6.07) is 14.8. The van der Waals surface area contributed by atoms with Gasteiger partial charge in [-0.2, -0.15) is 5.26 Å². The zero-order valence-corrected chi connectivity index (χ0v) is 15.2. The molecule has 0 saturated carbocycles. The van der Waals surface area contributed by atoms with Crippen LogP contribution >= 0.6 is 0 Å². The van der Waals surface area contributed by atoms with Crippen molar-refractivity contribution in [3.8, 4) is 11.8 Å². The molecular formula is C20H17N5O3. The molecule has 0 bridgehead atoms. The number of methoxy groups -OCH3 is 1. The van der Waals surface area contributed by atoms with Gasteiger partial charge in [-0.25, -0.2) is 15.4 Å². The predicted octanol–water partition coefficient (Wildman–Crippen LogP) is 2.80. The van der Waals surface area contributed by atoms with Crippen LogP contribution in [0.15, 0.2) is 48.5 Å². The van der Waals surface area contributed by atoms with Gasteiger partial charge in [0.2, 0.25) is 5.82 Å². The fourth-order valence-corrected chi connectivity index (χ4v) is 2.75. The lowest BCUT2D eigenvalue weighted by molar-refractivity contribution is -0.124. The van der Waals surface area contributed by atoms with Crippen LogP contribution in [0.1, 0.15) is 11.4 Å². The van der Waals surface area contributed by atoms with Gasteiger partial charge >= 0.3 is 0 Å². The molecule has 8 nitrogen and oxygen atoms in total. The summed E-state index contributed by atoms with van der Waals surface area (Å²) in [5.74, 6) is 0.565. The van der Waals surface area contributed by atoms with Gasteiger partial charge in [0, 0.05) is 29.8 Å². The molecule has 0 atom stereocenters. The molecule has 1 heterocycles. The van der Waals surface area contributed by atoms with Crippen LogP contribution in [-0.2, 0) is 4.79 Å². The Labute approximate surface area is 161 Å². The zero-order valence-electron chi connectivity index (χ0n) is 15.2. The van der Waals surface area contributed by atoms with Crippen molar-refractivity contribution in [1.29, 1.82) is 5.26 Å². The number of fused-ring (bicyclic) bond motifs is 1. The predicted molar refractivity (Wildman–Crippen MR) is 104 cm³/mol. The van der Waals surface area contributed by atoms with E-state index < -0.39 is 5.91 Å². The first kappa shape index (κ1) is 18.8. The number of ether oxygens (including phenoxy) is 1. The second-order valence-corrected chi connectivity index (χ2v) is 5.79. The van der Waals surface area contributed by atoms with Crippen LogP contribution in [0.25, 0.3) is 17.0 Å². The Morgan fingerprint density at radius 1 is 1.29 bits per heavy atom. The van der Waals surface area contributed by atoms with Crippen LogP contribution in [0.5, 0.6) is 5.75 Å². The maximum Gasteiger partial charge on any atom is 0.267 e. The Balaban J connectivity index is 2.09. The van der Waals surface area contributed by atoms with Crippen LogP contribution in [0.2, 0.25) is 0 Å². The number of para-hydroxylation sites is 1. The highest BCUT2D eigenvalue weighted by atomic mass is 16.5. The molecule has 3 rings (SSSR count). The highest BCUT2D eigenvalue weighted by molar-refractivity contribution is 5.93. The number of amides is 1. The fraction of sp³-hybridized carbons (Fsp3) is 0.100. The normalized spacial score (nSPS) is 10.6. The number of carbonyl (C=O) groups is 1. The molecule has 1 amide bonds. The first-order chi connectivity index (χ1) is 13.6. The maximum atomic E-state index is 11.3. The number of nitriles is 1. The van der Waals surface area contributed by atoms with Gasteiger partial charge in [-0.05, 0) is 36.4 Å². The van der Waals surface area contributed by atoms with E-state index in [2.05, 4.69) is 9.97 Å². The van der Waals surface area contributed by atoms with Crippen LogP contribution in [0.4, 0.5) is 11.5 Å². The minimum Gasteiger partial charge on any atom is -0.496 e. The topological polar surface area (TPSA) is 111 Å². The molecule has 8 heteroatoms. The third-order valence-corrected chi connectivity index (χ3v) is 4.13.